The molecule has 22 heavy (non-hydrogen) atoms. The molecule has 9 nitrogen and oxygen atoms in total. The molecule has 0 aromatic rings. The summed E-state index contributed by atoms with van der Waals surface area (Å²) in [5.41, 5.74) is 10.3. The predicted molar refractivity (Wildman–Crippen MR) is 60.8 cm³/mol. The van der Waals surface area contributed by atoms with Gasteiger partial charge in [-0.05, 0) is 27.7 Å². The molecule has 0 spiro atoms. The fraction of sp³-hybridized carbons (Fsp3) is 0.700. The molecule has 0 aromatic carbocycles. The minimum absolute atomic E-state index is 0. The molecule has 0 bridgehead atoms. The first-order valence-corrected chi connectivity index (χ1v) is 5.04. The van der Waals surface area contributed by atoms with E-state index in [1.54, 1.807) is 6.92 Å². The molecular weight excluding hydrogens is 329 g/mol. The van der Waals surface area contributed by atoms with Crippen molar-refractivity contribution in [1.82, 2.24) is 0 Å². The molecule has 0 saturated heterocycles. The van der Waals surface area contributed by atoms with Crippen LogP contribution in [0.15, 0.2) is 0 Å². The Balaban J connectivity index is -0.0000000270. The quantitative estimate of drug-likeness (QED) is 0.405. The topological polar surface area (TPSA) is 193 Å². The molecule has 0 rings (SSSR count). The maximum Gasteiger partial charge on any atom is 1.00 e. The van der Waals surface area contributed by atoms with Crippen molar-refractivity contribution in [2.45, 2.75) is 39.8 Å². The Hall–Kier alpha value is 1.29. The Morgan fingerprint density at radius 1 is 0.909 bits per heavy atom. The zero-order chi connectivity index (χ0) is 16.6. The minimum atomic E-state index is -1.08. The summed E-state index contributed by atoms with van der Waals surface area (Å²) in [7, 11) is 0. The average Bonchev–Trinajstić information content (AvgIpc) is 2.13. The zero-order valence-corrected chi connectivity index (χ0v) is 20.4. The Labute approximate surface area is 197 Å². The van der Waals surface area contributed by atoms with E-state index in [0.29, 0.717) is 6.54 Å². The maximum atomic E-state index is 8.89. The van der Waals surface area contributed by atoms with Gasteiger partial charge >= 0.3 is 88.7 Å². The molecule has 2 atom stereocenters. The molecule has 0 aliphatic rings. The number of carbonyl (C=O) groups is 3. The predicted octanol–water partition coefficient (Wildman–Crippen LogP) is -14.1. The van der Waals surface area contributed by atoms with Gasteiger partial charge in [-0.3, -0.25) is 0 Å². The van der Waals surface area contributed by atoms with Crippen molar-refractivity contribution in [3.05, 3.63) is 0 Å². The van der Waals surface area contributed by atoms with Crippen LogP contribution in [0.1, 0.15) is 27.7 Å². The van der Waals surface area contributed by atoms with E-state index in [0.717, 1.165) is 20.8 Å². The fourth-order valence-corrected chi connectivity index (χ4v) is 0.197. The van der Waals surface area contributed by atoms with Gasteiger partial charge in [0, 0.05) is 30.5 Å². The van der Waals surface area contributed by atoms with E-state index in [1.807, 2.05) is 0 Å². The van der Waals surface area contributed by atoms with Crippen LogP contribution in [0.4, 0.5) is 0 Å². The second kappa shape index (κ2) is 33.8. The monoisotopic (exact) mass is 350 g/mol. The number of rotatable bonds is 2. The van der Waals surface area contributed by atoms with Gasteiger partial charge in [0.05, 0.1) is 6.10 Å². The van der Waals surface area contributed by atoms with Gasteiger partial charge in [0.1, 0.15) is 0 Å². The van der Waals surface area contributed by atoms with E-state index in [1.165, 1.54) is 0 Å². The van der Waals surface area contributed by atoms with Gasteiger partial charge in [-0.15, -0.1) is 0 Å². The van der Waals surface area contributed by atoms with Crippen molar-refractivity contribution in [3.8, 4) is 0 Å². The first-order valence-electron chi connectivity index (χ1n) is 5.04. The van der Waals surface area contributed by atoms with Crippen LogP contribution in [0, 0.1) is 0 Å². The SMILES string of the molecule is CC(=O)[O-].CC(=O)[O-].CC(=O)[O-].CC(O)C(N)CN.[Na+].[Na+].[Na+]. The Kier molecular flexibility index (Phi) is 67.0. The van der Waals surface area contributed by atoms with Gasteiger partial charge in [0.2, 0.25) is 0 Å². The Bertz CT molecular complexity index is 216. The Morgan fingerprint density at radius 3 is 1.05 bits per heavy atom. The number of aliphatic hydroxyl groups excluding tert-OH is 1. The van der Waals surface area contributed by atoms with Gasteiger partial charge in [-0.2, -0.15) is 0 Å². The molecule has 0 heterocycles. The maximum absolute atomic E-state index is 8.89. The molecule has 0 radical (unpaired) electrons. The summed E-state index contributed by atoms with van der Waals surface area (Å²) in [6, 6.07) is -0.264. The van der Waals surface area contributed by atoms with Gasteiger partial charge in [0.15, 0.2) is 0 Å². The molecule has 0 aromatic heterocycles. The summed E-state index contributed by atoms with van der Waals surface area (Å²) in [6.45, 7) is 4.88. The van der Waals surface area contributed by atoms with E-state index < -0.39 is 24.0 Å². The third kappa shape index (κ3) is 165. The second-order valence-corrected chi connectivity index (χ2v) is 3.11. The van der Waals surface area contributed by atoms with E-state index in [4.69, 9.17) is 46.3 Å². The largest absolute Gasteiger partial charge is 1.00 e. The number of carbonyl (C=O) groups excluding carboxylic acids is 3. The Morgan fingerprint density at radius 2 is 1.05 bits per heavy atom. The molecular formula is C10H21N2Na3O7. The number of nitrogens with two attached hydrogens (primary N) is 2. The van der Waals surface area contributed by atoms with Crippen LogP contribution in [0.5, 0.6) is 0 Å². The van der Waals surface area contributed by atoms with Crippen molar-refractivity contribution in [2.75, 3.05) is 6.54 Å². The molecule has 0 aliphatic carbocycles. The first kappa shape index (κ1) is 43.6. The number of aliphatic carboxylic acids is 3. The number of hydrogen-bond acceptors (Lipinski definition) is 9. The second-order valence-electron chi connectivity index (χ2n) is 3.11. The summed E-state index contributed by atoms with van der Waals surface area (Å²) >= 11 is 0. The van der Waals surface area contributed by atoms with Gasteiger partial charge < -0.3 is 46.3 Å². The number of carboxylic acid groups (broad SMARTS) is 3. The summed E-state index contributed by atoms with van der Waals surface area (Å²) in [6.07, 6.45) is -0.481. The normalized spacial score (nSPS) is 9.41. The molecule has 2 unspecified atom stereocenters. The van der Waals surface area contributed by atoms with Crippen molar-refractivity contribution >= 4 is 17.9 Å². The summed E-state index contributed by atoms with van der Waals surface area (Å²) in [5.74, 6) is -3.25. The van der Waals surface area contributed by atoms with Crippen LogP contribution in [0.2, 0.25) is 0 Å². The number of hydrogen-bond donors (Lipinski definition) is 3. The third-order valence-corrected chi connectivity index (χ3v) is 0.892. The van der Waals surface area contributed by atoms with Crippen LogP contribution in [-0.4, -0.2) is 41.7 Å². The van der Waals surface area contributed by atoms with Crippen LogP contribution in [-0.2, 0) is 14.4 Å². The van der Waals surface area contributed by atoms with Crippen LogP contribution in [0.25, 0.3) is 0 Å². The van der Waals surface area contributed by atoms with Crippen LogP contribution >= 0.6 is 0 Å². The molecule has 0 amide bonds. The zero-order valence-electron chi connectivity index (χ0n) is 14.4. The molecule has 0 saturated carbocycles. The number of aliphatic hydroxyl groups is 1. The van der Waals surface area contributed by atoms with Crippen LogP contribution < -0.4 is 115 Å². The minimum Gasteiger partial charge on any atom is -0.550 e. The van der Waals surface area contributed by atoms with E-state index in [9.17, 15) is 0 Å². The van der Waals surface area contributed by atoms with Gasteiger partial charge in [-0.25, -0.2) is 0 Å². The summed E-state index contributed by atoms with van der Waals surface area (Å²) in [5, 5.41) is 35.3. The van der Waals surface area contributed by atoms with Crippen molar-refractivity contribution in [3.63, 3.8) is 0 Å². The van der Waals surface area contributed by atoms with Gasteiger partial charge in [-0.1, -0.05) is 0 Å². The smallest absolute Gasteiger partial charge is 0.550 e. The number of carboxylic acids is 3. The molecule has 0 fully saturated rings. The standard InChI is InChI=1S/C4H12N2O.3C2H4O2.3Na/c1-3(7)4(6)2-5;3*1-2(3)4;;;/h3-4,7H,2,5-6H2,1H3;3*1H3,(H,3,4);;;/q;;;;3*+1/p-3. The molecule has 116 valence electrons. The molecule has 12 heteroatoms. The first-order chi connectivity index (χ1) is 8.38. The van der Waals surface area contributed by atoms with Gasteiger partial charge in [0.25, 0.3) is 0 Å². The van der Waals surface area contributed by atoms with E-state index in [-0.39, 0.29) is 94.7 Å². The van der Waals surface area contributed by atoms with E-state index >= 15 is 0 Å². The molecule has 5 N–H and O–H groups in total. The van der Waals surface area contributed by atoms with Crippen molar-refractivity contribution < 1.29 is 123 Å². The van der Waals surface area contributed by atoms with Crippen molar-refractivity contribution in [1.29, 1.82) is 0 Å². The third-order valence-electron chi connectivity index (χ3n) is 0.892. The summed E-state index contributed by atoms with van der Waals surface area (Å²) in [4.78, 5) is 26.7. The molecule has 0 aliphatic heterocycles. The van der Waals surface area contributed by atoms with Crippen molar-refractivity contribution in [2.24, 2.45) is 11.5 Å². The van der Waals surface area contributed by atoms with Crippen LogP contribution in [0.3, 0.4) is 0 Å². The summed E-state index contributed by atoms with van der Waals surface area (Å²) < 4.78 is 0. The average molecular weight is 350 g/mol. The fourth-order valence-electron chi connectivity index (χ4n) is 0.197. The van der Waals surface area contributed by atoms with E-state index in [2.05, 4.69) is 0 Å².